The van der Waals surface area contributed by atoms with Crippen LogP contribution in [0.3, 0.4) is 0 Å². The van der Waals surface area contributed by atoms with Gasteiger partial charge < -0.3 is 0 Å². The fourth-order valence-corrected chi connectivity index (χ4v) is 18.4. The summed E-state index contributed by atoms with van der Waals surface area (Å²) < 4.78 is 0. The second-order valence-electron chi connectivity index (χ2n) is 38.3. The molecule has 0 heterocycles. The van der Waals surface area contributed by atoms with Gasteiger partial charge in [0, 0.05) is 0 Å². The Morgan fingerprint density at radius 1 is 0.243 bits per heavy atom. The zero-order valence-corrected chi connectivity index (χ0v) is 79.0. The molecule has 0 heteroatoms. The first-order valence-electron chi connectivity index (χ1n) is 48.7. The molecule has 0 N–H and O–H groups in total. The Bertz CT molecular complexity index is 2970. The Labute approximate surface area is 695 Å². The highest BCUT2D eigenvalue weighted by molar-refractivity contribution is 5.41. The smallest absolute Gasteiger partial charge is 0.0248 e. The SMILES string of the molecule is CCCCC(CC)Cc1cc(C)c(CC(CC)CCCC)cc1C.CCCCCCCCc1cc(C)c(CCCCCCCC)cc1C.CCc1cc(C)c(C)cc1C.Cc1cc(CCC(C)CCCC(C)C)c(C)cc1CCC(C)CCCC(C)C.Cc1cc(CCC2CCCCC2)c(C)cc1CCC1CCCCC1. The molecule has 5 aromatic carbocycles. The standard InChI is InChI=1S/C28H50.C24H38.2C24H42.C11H16/c1-21(2)11-9-13-23(5)15-17-27-19-26(8)28(20-25(27)7)18-16-24(6)14-10-12-22(3)4;1-19-17-24(16-14-22-11-7-4-8-12-22)20(2)18-23(19)15-13-21-9-5-3-6-10-21;1-7-11-13-21(9-3)17-23-15-20(6)24(16-19(23)5)18-22(10-4)14-12-8-2;1-5-7-9-11-13-15-17-23-19-22(4)24(20-21(23)3)18-16-14-12-10-8-6-2;1-5-11-7-9(3)8(2)6-10(11)4/h19-24H,9-18H2,1-8H3;17-18,21-22H,3-16H2,1-2H3;15-16,21-22H,7-14,17-18H2,1-6H3;19-20H,5-18H2,1-4H3;6-7H,5H2,1-4H3. The maximum absolute atomic E-state index is 2.52. The van der Waals surface area contributed by atoms with Crippen LogP contribution in [0, 0.1) is 124 Å². The lowest BCUT2D eigenvalue weighted by atomic mass is 9.83. The number of hydrogen-bond acceptors (Lipinski definition) is 0. The van der Waals surface area contributed by atoms with Crippen LogP contribution in [0.15, 0.2) is 60.7 Å². The van der Waals surface area contributed by atoms with Crippen LogP contribution in [0.25, 0.3) is 0 Å². The van der Waals surface area contributed by atoms with Crippen LogP contribution >= 0.6 is 0 Å². The molecule has 0 aliphatic heterocycles. The fraction of sp³-hybridized carbons (Fsp3) is 0.730. The summed E-state index contributed by atoms with van der Waals surface area (Å²) >= 11 is 0. The number of unbranched alkanes of at least 4 members (excludes halogenated alkanes) is 12. The van der Waals surface area contributed by atoms with Crippen molar-refractivity contribution in [2.75, 3.05) is 0 Å². The van der Waals surface area contributed by atoms with Gasteiger partial charge in [0.25, 0.3) is 0 Å². The third kappa shape index (κ3) is 43.8. The third-order valence-electron chi connectivity index (χ3n) is 27.1. The second kappa shape index (κ2) is 60.6. The molecule has 0 radical (unpaired) electrons. The molecular weight excluding hydrogens is 1330 g/mol. The van der Waals surface area contributed by atoms with E-state index < -0.39 is 0 Å². The van der Waals surface area contributed by atoms with Gasteiger partial charge in [-0.3, -0.25) is 0 Å². The van der Waals surface area contributed by atoms with E-state index in [1.807, 2.05) is 0 Å². The summed E-state index contributed by atoms with van der Waals surface area (Å²) in [5, 5.41) is 0. The van der Waals surface area contributed by atoms with Gasteiger partial charge in [-0.05, 0) is 331 Å². The summed E-state index contributed by atoms with van der Waals surface area (Å²) in [6, 6.07) is 24.6. The van der Waals surface area contributed by atoms with Crippen molar-refractivity contribution in [2.24, 2.45) is 47.3 Å². The minimum Gasteiger partial charge on any atom is -0.0654 e. The van der Waals surface area contributed by atoms with Crippen LogP contribution in [0.1, 0.15) is 458 Å². The van der Waals surface area contributed by atoms with E-state index in [1.54, 1.807) is 55.6 Å². The van der Waals surface area contributed by atoms with Crippen molar-refractivity contribution in [1.82, 2.24) is 0 Å². The van der Waals surface area contributed by atoms with Crippen LogP contribution in [0.2, 0.25) is 0 Å². The van der Waals surface area contributed by atoms with E-state index in [4.69, 9.17) is 0 Å². The minimum absolute atomic E-state index is 0.850. The molecule has 4 atom stereocenters. The van der Waals surface area contributed by atoms with Crippen molar-refractivity contribution < 1.29 is 0 Å². The number of aryl methyl sites for hydroxylation is 18. The largest absolute Gasteiger partial charge is 0.0654 e. The molecule has 0 aromatic heterocycles. The molecular formula is C111H188. The lowest BCUT2D eigenvalue weighted by Crippen LogP contribution is -2.09. The molecule has 4 unspecified atom stereocenters. The summed E-state index contributed by atoms with van der Waals surface area (Å²) in [5.74, 6) is 7.14. The lowest BCUT2D eigenvalue weighted by molar-refractivity contribution is 0.338. The molecule has 0 nitrogen and oxygen atoms in total. The summed E-state index contributed by atoms with van der Waals surface area (Å²) in [6.45, 7) is 55.5. The van der Waals surface area contributed by atoms with Crippen molar-refractivity contribution in [3.63, 3.8) is 0 Å². The predicted molar refractivity (Wildman–Crippen MR) is 504 cm³/mol. The van der Waals surface area contributed by atoms with Crippen LogP contribution in [-0.2, 0) is 57.8 Å². The van der Waals surface area contributed by atoms with Gasteiger partial charge in [-0.25, -0.2) is 0 Å². The van der Waals surface area contributed by atoms with Gasteiger partial charge in [-0.2, -0.15) is 0 Å². The first kappa shape index (κ1) is 101. The second-order valence-corrected chi connectivity index (χ2v) is 38.3. The number of benzene rings is 5. The van der Waals surface area contributed by atoms with Crippen LogP contribution < -0.4 is 0 Å². The molecule has 7 rings (SSSR count). The molecule has 0 saturated heterocycles. The van der Waals surface area contributed by atoms with Crippen LogP contribution in [-0.4, -0.2) is 0 Å². The molecule has 5 aromatic rings. The normalized spacial score (nSPS) is 14.4. The van der Waals surface area contributed by atoms with Gasteiger partial charge in [-0.15, -0.1) is 0 Å². The van der Waals surface area contributed by atoms with Crippen molar-refractivity contribution in [3.8, 4) is 0 Å². The Morgan fingerprint density at radius 3 is 0.847 bits per heavy atom. The van der Waals surface area contributed by atoms with Gasteiger partial charge in [0.05, 0.1) is 0 Å². The molecule has 632 valence electrons. The Kier molecular flexibility index (Phi) is 55.3. The van der Waals surface area contributed by atoms with Crippen molar-refractivity contribution in [2.45, 2.75) is 481 Å². The Balaban J connectivity index is 0.000000367. The molecule has 2 aliphatic rings. The quantitative estimate of drug-likeness (QED) is 0.0341. The monoisotopic (exact) mass is 1520 g/mol. The maximum atomic E-state index is 2.52. The van der Waals surface area contributed by atoms with Crippen molar-refractivity contribution in [3.05, 3.63) is 172 Å². The average Bonchev–Trinajstić information content (AvgIpc) is 0.850. The van der Waals surface area contributed by atoms with Gasteiger partial charge in [0.1, 0.15) is 0 Å². The van der Waals surface area contributed by atoms with Crippen LogP contribution in [0.5, 0.6) is 0 Å². The van der Waals surface area contributed by atoms with Gasteiger partial charge in [0.15, 0.2) is 0 Å². The molecule has 2 fully saturated rings. The molecule has 2 aliphatic carbocycles. The molecule has 0 spiro atoms. The number of rotatable bonds is 47. The fourth-order valence-electron chi connectivity index (χ4n) is 18.4. The maximum Gasteiger partial charge on any atom is -0.0248 e. The molecule has 2 saturated carbocycles. The average molecular weight is 1520 g/mol. The first-order chi connectivity index (χ1) is 53.3. The van der Waals surface area contributed by atoms with Gasteiger partial charge in [0.2, 0.25) is 0 Å². The topological polar surface area (TPSA) is 0 Å². The van der Waals surface area contributed by atoms with Crippen molar-refractivity contribution >= 4 is 0 Å². The first-order valence-corrected chi connectivity index (χ1v) is 48.7. The van der Waals surface area contributed by atoms with Gasteiger partial charge >= 0.3 is 0 Å². The molecule has 111 heavy (non-hydrogen) atoms. The molecule has 0 bridgehead atoms. The van der Waals surface area contributed by atoms with E-state index >= 15 is 0 Å². The highest BCUT2D eigenvalue weighted by Gasteiger charge is 2.19. The van der Waals surface area contributed by atoms with E-state index in [-0.39, 0.29) is 0 Å². The predicted octanol–water partition coefficient (Wildman–Crippen LogP) is 35.5. The van der Waals surface area contributed by atoms with E-state index in [2.05, 4.69) is 227 Å². The highest BCUT2D eigenvalue weighted by atomic mass is 14.2. The minimum atomic E-state index is 0.850. The summed E-state index contributed by atoms with van der Waals surface area (Å²) in [5.41, 5.74) is 30.7. The van der Waals surface area contributed by atoms with E-state index in [1.165, 1.54) is 364 Å². The van der Waals surface area contributed by atoms with Gasteiger partial charge in [-0.1, -0.05) is 369 Å². The zero-order chi connectivity index (χ0) is 81.9. The Morgan fingerprint density at radius 2 is 0.523 bits per heavy atom. The summed E-state index contributed by atoms with van der Waals surface area (Å²) in [7, 11) is 0. The highest BCUT2D eigenvalue weighted by Crippen LogP contribution is 2.34. The van der Waals surface area contributed by atoms with E-state index in [0.29, 0.717) is 0 Å². The summed E-state index contributed by atoms with van der Waals surface area (Å²) in [6.07, 6.45) is 67.5. The third-order valence-corrected chi connectivity index (χ3v) is 27.1. The summed E-state index contributed by atoms with van der Waals surface area (Å²) in [4.78, 5) is 0. The van der Waals surface area contributed by atoms with E-state index in [9.17, 15) is 0 Å². The Hall–Kier alpha value is -3.90. The van der Waals surface area contributed by atoms with Crippen LogP contribution in [0.4, 0.5) is 0 Å². The zero-order valence-electron chi connectivity index (χ0n) is 79.0. The lowest BCUT2D eigenvalue weighted by Gasteiger charge is -2.23. The molecule has 0 amide bonds. The number of hydrogen-bond donors (Lipinski definition) is 0. The van der Waals surface area contributed by atoms with Crippen molar-refractivity contribution in [1.29, 1.82) is 0 Å². The van der Waals surface area contributed by atoms with E-state index in [0.717, 1.165) is 53.8 Å².